The average Bonchev–Trinajstić information content (AvgIpc) is 2.57. The third kappa shape index (κ3) is 3.99. The van der Waals surface area contributed by atoms with E-state index in [-0.39, 0.29) is 5.92 Å². The number of phenols is 1. The summed E-state index contributed by atoms with van der Waals surface area (Å²) < 4.78 is 1.04. The maximum atomic E-state index is 10.4. The molecule has 0 saturated heterocycles. The fourth-order valence-electron chi connectivity index (χ4n) is 3.49. The number of aromatic hydroxyl groups is 1. The van der Waals surface area contributed by atoms with E-state index in [4.69, 9.17) is 0 Å². The van der Waals surface area contributed by atoms with Crippen LogP contribution in [-0.2, 0) is 0 Å². The van der Waals surface area contributed by atoms with Crippen molar-refractivity contribution in [1.29, 1.82) is 0 Å². The molecule has 130 valence electrons. The van der Waals surface area contributed by atoms with E-state index in [1.54, 1.807) is 6.07 Å². The largest absolute Gasteiger partial charge is 0.508 e. The van der Waals surface area contributed by atoms with Crippen molar-refractivity contribution in [3.8, 4) is 5.75 Å². The Balaban J connectivity index is 2.33. The predicted octanol–water partition coefficient (Wildman–Crippen LogP) is 5.18. The van der Waals surface area contributed by atoms with Crippen LogP contribution in [0.5, 0.6) is 5.75 Å². The van der Waals surface area contributed by atoms with Crippen LogP contribution in [0.25, 0.3) is 0 Å². The number of para-hydroxylation sites is 1. The van der Waals surface area contributed by atoms with Gasteiger partial charge in [0.25, 0.3) is 0 Å². The van der Waals surface area contributed by atoms with Gasteiger partial charge in [-0.2, -0.15) is 0 Å². The van der Waals surface area contributed by atoms with Crippen LogP contribution in [0.3, 0.4) is 0 Å². The van der Waals surface area contributed by atoms with Crippen LogP contribution in [0.15, 0.2) is 54.6 Å². The van der Waals surface area contributed by atoms with E-state index in [9.17, 15) is 5.11 Å². The summed E-state index contributed by atoms with van der Waals surface area (Å²) in [5, 5.41) is 10.4. The van der Waals surface area contributed by atoms with Crippen molar-refractivity contribution >= 4 is 0 Å². The molecule has 0 unspecified atom stereocenters. The molecule has 0 amide bonds. The second kappa shape index (κ2) is 7.85. The summed E-state index contributed by atoms with van der Waals surface area (Å²) in [7, 11) is 2.35. The number of quaternary nitrogens is 1. The molecule has 2 rings (SSSR count). The van der Waals surface area contributed by atoms with Crippen LogP contribution in [0, 0.1) is 0 Å². The number of hydrogen-bond acceptors (Lipinski definition) is 1. The summed E-state index contributed by atoms with van der Waals surface area (Å²) >= 11 is 0. The van der Waals surface area contributed by atoms with E-state index in [1.807, 2.05) is 18.2 Å². The van der Waals surface area contributed by atoms with Crippen LogP contribution in [-0.4, -0.2) is 35.3 Å². The van der Waals surface area contributed by atoms with Gasteiger partial charge in [0.15, 0.2) is 0 Å². The maximum absolute atomic E-state index is 10.4. The smallest absolute Gasteiger partial charge is 0.119 e. The molecule has 0 fully saturated rings. The molecule has 2 heteroatoms. The van der Waals surface area contributed by atoms with Crippen LogP contribution >= 0.6 is 0 Å². The number of rotatable bonds is 7. The first kappa shape index (κ1) is 18.5. The van der Waals surface area contributed by atoms with Crippen LogP contribution in [0.1, 0.15) is 51.2 Å². The third-order valence-corrected chi connectivity index (χ3v) is 5.77. The number of phenolic OH excluding ortho intramolecular Hbond substituents is 1. The van der Waals surface area contributed by atoms with Gasteiger partial charge in [-0.1, -0.05) is 48.5 Å². The lowest BCUT2D eigenvalue weighted by Crippen LogP contribution is -2.55. The van der Waals surface area contributed by atoms with Gasteiger partial charge in [0.2, 0.25) is 0 Å². The Morgan fingerprint density at radius 2 is 1.38 bits per heavy atom. The summed E-state index contributed by atoms with van der Waals surface area (Å²) in [5.74, 6) is 0.622. The zero-order valence-corrected chi connectivity index (χ0v) is 15.7. The second-order valence-electron chi connectivity index (χ2n) is 7.57. The van der Waals surface area contributed by atoms with Crippen molar-refractivity contribution in [1.82, 2.24) is 0 Å². The van der Waals surface area contributed by atoms with Crippen LogP contribution < -0.4 is 0 Å². The van der Waals surface area contributed by atoms with Gasteiger partial charge >= 0.3 is 0 Å². The minimum absolute atomic E-state index is 0.224. The molecule has 1 atom stereocenters. The van der Waals surface area contributed by atoms with Crippen molar-refractivity contribution in [3.05, 3.63) is 65.7 Å². The zero-order chi connectivity index (χ0) is 17.7. The molecule has 0 bridgehead atoms. The van der Waals surface area contributed by atoms with E-state index in [1.165, 1.54) is 5.56 Å². The first-order valence-corrected chi connectivity index (χ1v) is 9.04. The monoisotopic (exact) mass is 326 g/mol. The minimum Gasteiger partial charge on any atom is -0.508 e. The topological polar surface area (TPSA) is 20.2 Å². The van der Waals surface area contributed by atoms with E-state index in [2.05, 4.69) is 65.1 Å². The van der Waals surface area contributed by atoms with Gasteiger partial charge in [-0.05, 0) is 39.3 Å². The van der Waals surface area contributed by atoms with Gasteiger partial charge in [-0.3, -0.25) is 0 Å². The Hall–Kier alpha value is -1.80. The van der Waals surface area contributed by atoms with Gasteiger partial charge in [0, 0.05) is 17.9 Å². The molecule has 1 N–H and O–H groups in total. The molecule has 2 nitrogen and oxygen atoms in total. The molecule has 0 aliphatic heterocycles. The molecule has 2 aromatic rings. The lowest BCUT2D eigenvalue weighted by molar-refractivity contribution is -0.949. The molecular formula is C22H32NO+. The highest BCUT2D eigenvalue weighted by atomic mass is 16.3. The molecule has 2 aromatic carbocycles. The highest BCUT2D eigenvalue weighted by molar-refractivity contribution is 5.41. The summed E-state index contributed by atoms with van der Waals surface area (Å²) in [5.41, 5.74) is 2.31. The lowest BCUT2D eigenvalue weighted by atomic mass is 9.87. The summed E-state index contributed by atoms with van der Waals surface area (Å²) in [6, 6.07) is 19.5. The molecule has 0 heterocycles. The molecule has 0 aliphatic carbocycles. The second-order valence-corrected chi connectivity index (χ2v) is 7.57. The Morgan fingerprint density at radius 3 is 1.92 bits per heavy atom. The fraction of sp³-hybridized carbons (Fsp3) is 0.455. The molecule has 0 spiro atoms. The average molecular weight is 327 g/mol. The van der Waals surface area contributed by atoms with Crippen molar-refractivity contribution in [2.45, 2.75) is 52.1 Å². The standard InChI is InChI=1S/C22H31NO/c1-17(2)23(5,18(3)4)16-15-20(19-11-7-6-8-12-19)21-13-9-10-14-22(21)24/h6-14,17-18,20H,15-16H2,1-5H3/p+1/t20-/m1/s1. The Bertz CT molecular complexity index is 625. The molecule has 0 radical (unpaired) electrons. The van der Waals surface area contributed by atoms with E-state index in [0.29, 0.717) is 17.8 Å². The van der Waals surface area contributed by atoms with Gasteiger partial charge in [-0.15, -0.1) is 0 Å². The predicted molar refractivity (Wildman–Crippen MR) is 102 cm³/mol. The molecule has 0 saturated carbocycles. The van der Waals surface area contributed by atoms with Gasteiger partial charge in [-0.25, -0.2) is 0 Å². The summed E-state index contributed by atoms with van der Waals surface area (Å²) in [6.07, 6.45) is 1.02. The Kier molecular flexibility index (Phi) is 6.06. The highest BCUT2D eigenvalue weighted by Crippen LogP contribution is 2.35. The van der Waals surface area contributed by atoms with Crippen molar-refractivity contribution in [2.24, 2.45) is 0 Å². The fourth-order valence-corrected chi connectivity index (χ4v) is 3.49. The maximum Gasteiger partial charge on any atom is 0.119 e. The normalized spacial score (nSPS) is 13.5. The van der Waals surface area contributed by atoms with Crippen molar-refractivity contribution in [3.63, 3.8) is 0 Å². The third-order valence-electron chi connectivity index (χ3n) is 5.77. The number of nitrogens with zero attached hydrogens (tertiary/aromatic N) is 1. The van der Waals surface area contributed by atoms with Gasteiger partial charge < -0.3 is 9.59 Å². The van der Waals surface area contributed by atoms with Gasteiger partial charge in [0.05, 0.1) is 25.7 Å². The van der Waals surface area contributed by atoms with Gasteiger partial charge in [0.1, 0.15) is 5.75 Å². The van der Waals surface area contributed by atoms with E-state index >= 15 is 0 Å². The summed E-state index contributed by atoms with van der Waals surface area (Å²) in [6.45, 7) is 10.3. The molecule has 0 aromatic heterocycles. The molecule has 24 heavy (non-hydrogen) atoms. The first-order chi connectivity index (χ1) is 11.4. The van der Waals surface area contributed by atoms with Crippen molar-refractivity contribution < 1.29 is 9.59 Å². The zero-order valence-electron chi connectivity index (χ0n) is 15.7. The Labute approximate surface area is 147 Å². The lowest BCUT2D eigenvalue weighted by Gasteiger charge is -2.43. The summed E-state index contributed by atoms with van der Waals surface area (Å²) in [4.78, 5) is 0. The minimum atomic E-state index is 0.224. The Morgan fingerprint density at radius 1 is 0.833 bits per heavy atom. The first-order valence-electron chi connectivity index (χ1n) is 9.04. The quantitative estimate of drug-likeness (QED) is 0.695. The van der Waals surface area contributed by atoms with E-state index < -0.39 is 0 Å². The number of hydrogen-bond donors (Lipinski definition) is 1. The number of benzene rings is 2. The SMILES string of the molecule is CC(C)[N+](C)(CC[C@H](c1ccccc1)c1ccccc1O)C(C)C. The van der Waals surface area contributed by atoms with Crippen LogP contribution in [0.4, 0.5) is 0 Å². The molecule has 0 aliphatic rings. The van der Waals surface area contributed by atoms with Crippen LogP contribution in [0.2, 0.25) is 0 Å². The van der Waals surface area contributed by atoms with Crippen molar-refractivity contribution in [2.75, 3.05) is 13.6 Å². The van der Waals surface area contributed by atoms with E-state index in [0.717, 1.165) is 23.0 Å². The molecular weight excluding hydrogens is 294 g/mol. The highest BCUT2D eigenvalue weighted by Gasteiger charge is 2.31.